The van der Waals surface area contributed by atoms with Crippen LogP contribution in [0.15, 0.2) is 47.3 Å². The third-order valence-electron chi connectivity index (χ3n) is 3.97. The minimum absolute atomic E-state index is 0.200. The number of nitrogens with zero attached hydrogens (tertiary/aromatic N) is 2. The maximum Gasteiger partial charge on any atom is 0.308 e. The van der Waals surface area contributed by atoms with Gasteiger partial charge in [0.05, 0.1) is 17.3 Å². The van der Waals surface area contributed by atoms with Crippen LogP contribution in [-0.4, -0.2) is 31.9 Å². The lowest BCUT2D eigenvalue weighted by Crippen LogP contribution is -2.36. The maximum absolute atomic E-state index is 12.7. The smallest absolute Gasteiger partial charge is 0.308 e. The molecular formula is C17H15BrN4O3. The van der Waals surface area contributed by atoms with Crippen LogP contribution >= 0.6 is 15.9 Å². The number of aromatic nitrogens is 3. The van der Waals surface area contributed by atoms with Gasteiger partial charge in [-0.25, -0.2) is 9.97 Å². The summed E-state index contributed by atoms with van der Waals surface area (Å²) in [7, 11) is 0. The first kappa shape index (κ1) is 17.1. The quantitative estimate of drug-likeness (QED) is 0.607. The van der Waals surface area contributed by atoms with Crippen molar-refractivity contribution in [2.45, 2.75) is 13.0 Å². The van der Waals surface area contributed by atoms with Crippen molar-refractivity contribution in [1.82, 2.24) is 20.3 Å². The summed E-state index contributed by atoms with van der Waals surface area (Å²) in [6.07, 6.45) is 2.96. The van der Waals surface area contributed by atoms with Crippen molar-refractivity contribution in [2.24, 2.45) is 5.92 Å². The van der Waals surface area contributed by atoms with E-state index in [2.05, 4.69) is 36.2 Å². The van der Waals surface area contributed by atoms with Crippen molar-refractivity contribution >= 4 is 38.8 Å². The highest BCUT2D eigenvalue weighted by Crippen LogP contribution is 2.25. The number of hydrogen-bond acceptors (Lipinski definition) is 4. The van der Waals surface area contributed by atoms with Crippen LogP contribution < -0.4 is 5.32 Å². The average molecular weight is 403 g/mol. The molecule has 0 spiro atoms. The number of aromatic amines is 1. The van der Waals surface area contributed by atoms with Crippen molar-refractivity contribution in [3.05, 3.63) is 58.6 Å². The van der Waals surface area contributed by atoms with Crippen molar-refractivity contribution in [3.63, 3.8) is 0 Å². The predicted octanol–water partition coefficient (Wildman–Crippen LogP) is 2.91. The highest BCUT2D eigenvalue weighted by atomic mass is 79.9. The number of carbonyl (C=O) groups is 2. The molecule has 2 heterocycles. The fraction of sp³-hybridized carbons (Fsp3) is 0.176. The number of rotatable bonds is 5. The van der Waals surface area contributed by atoms with Crippen LogP contribution in [0.5, 0.6) is 0 Å². The molecular weight excluding hydrogens is 388 g/mol. The third kappa shape index (κ3) is 3.53. The molecule has 2 aromatic heterocycles. The first-order valence-electron chi connectivity index (χ1n) is 7.54. The monoisotopic (exact) mass is 402 g/mol. The normalized spacial score (nSPS) is 13.4. The highest BCUT2D eigenvalue weighted by molar-refractivity contribution is 9.10. The van der Waals surface area contributed by atoms with Gasteiger partial charge in [-0.15, -0.1) is 0 Å². The van der Waals surface area contributed by atoms with E-state index in [4.69, 9.17) is 0 Å². The Morgan fingerprint density at radius 2 is 1.92 bits per heavy atom. The lowest BCUT2D eigenvalue weighted by atomic mass is 9.94. The van der Waals surface area contributed by atoms with Crippen LogP contribution in [0.25, 0.3) is 11.0 Å². The molecule has 128 valence electrons. The first-order valence-corrected chi connectivity index (χ1v) is 8.34. The Morgan fingerprint density at radius 1 is 1.20 bits per heavy atom. The summed E-state index contributed by atoms with van der Waals surface area (Å²) in [5, 5.41) is 12.8. The van der Waals surface area contributed by atoms with Crippen LogP contribution in [0.2, 0.25) is 0 Å². The zero-order valence-electron chi connectivity index (χ0n) is 13.2. The topological polar surface area (TPSA) is 108 Å². The van der Waals surface area contributed by atoms with Gasteiger partial charge in [-0.3, -0.25) is 9.59 Å². The molecule has 0 aliphatic rings. The van der Waals surface area contributed by atoms with E-state index in [0.29, 0.717) is 16.6 Å². The van der Waals surface area contributed by atoms with E-state index in [0.717, 1.165) is 4.47 Å². The molecule has 0 bridgehead atoms. The van der Waals surface area contributed by atoms with Gasteiger partial charge in [0.15, 0.2) is 0 Å². The molecule has 0 aliphatic carbocycles. The molecule has 2 atom stereocenters. The van der Waals surface area contributed by atoms with Gasteiger partial charge in [-0.2, -0.15) is 0 Å². The lowest BCUT2D eigenvalue weighted by molar-refractivity contribution is -0.142. The largest absolute Gasteiger partial charge is 0.481 e. The van der Waals surface area contributed by atoms with Gasteiger partial charge in [0.1, 0.15) is 17.7 Å². The summed E-state index contributed by atoms with van der Waals surface area (Å²) in [6.45, 7) is 1.56. The number of benzene rings is 1. The second-order valence-electron chi connectivity index (χ2n) is 5.59. The van der Waals surface area contributed by atoms with E-state index >= 15 is 0 Å². The molecule has 1 aromatic carbocycles. The molecule has 3 N–H and O–H groups in total. The van der Waals surface area contributed by atoms with Gasteiger partial charge in [0.2, 0.25) is 0 Å². The molecule has 0 fully saturated rings. The van der Waals surface area contributed by atoms with E-state index in [1.54, 1.807) is 43.5 Å². The van der Waals surface area contributed by atoms with Crippen molar-refractivity contribution in [1.29, 1.82) is 0 Å². The fourth-order valence-electron chi connectivity index (χ4n) is 2.57. The Kier molecular flexibility index (Phi) is 4.80. The number of carboxylic acid groups (broad SMARTS) is 1. The van der Waals surface area contributed by atoms with Crippen molar-refractivity contribution < 1.29 is 14.7 Å². The van der Waals surface area contributed by atoms with Crippen LogP contribution in [0.4, 0.5) is 0 Å². The molecule has 0 saturated heterocycles. The number of aliphatic carboxylic acids is 1. The summed E-state index contributed by atoms with van der Waals surface area (Å²) in [5.41, 5.74) is 1.45. The first-order chi connectivity index (χ1) is 12.0. The Bertz CT molecular complexity index is 923. The number of fused-ring (bicyclic) bond motifs is 1. The third-order valence-corrected chi connectivity index (χ3v) is 4.50. The van der Waals surface area contributed by atoms with Crippen LogP contribution in [0.3, 0.4) is 0 Å². The second kappa shape index (κ2) is 7.02. The van der Waals surface area contributed by atoms with Crippen LogP contribution in [0, 0.1) is 5.92 Å². The predicted molar refractivity (Wildman–Crippen MR) is 95.0 cm³/mol. The lowest BCUT2D eigenvalue weighted by Gasteiger charge is -2.23. The maximum atomic E-state index is 12.7. The molecule has 25 heavy (non-hydrogen) atoms. The minimum Gasteiger partial charge on any atom is -0.481 e. The summed E-state index contributed by atoms with van der Waals surface area (Å²) in [4.78, 5) is 35.2. The number of hydrogen-bond donors (Lipinski definition) is 3. The standard InChI is InChI=1S/C17H15BrN4O3/c1-9(17(24)25)13(10-2-4-11(18)5-3-10)22-16(23)14-12-6-7-19-15(12)21-8-20-14/h2-9,13H,1H3,(H,22,23)(H,24,25)(H,19,20,21)/t9-,13+/m0/s1. The van der Waals surface area contributed by atoms with Gasteiger partial charge in [0, 0.05) is 10.7 Å². The average Bonchev–Trinajstić information content (AvgIpc) is 3.08. The minimum atomic E-state index is -0.998. The Morgan fingerprint density at radius 3 is 2.60 bits per heavy atom. The summed E-state index contributed by atoms with van der Waals surface area (Å²) in [5.74, 6) is -2.26. The van der Waals surface area contributed by atoms with Crippen molar-refractivity contribution in [3.8, 4) is 0 Å². The van der Waals surface area contributed by atoms with Crippen molar-refractivity contribution in [2.75, 3.05) is 0 Å². The number of carboxylic acids is 1. The zero-order chi connectivity index (χ0) is 18.0. The van der Waals surface area contributed by atoms with E-state index < -0.39 is 23.8 Å². The van der Waals surface area contributed by atoms with Crippen LogP contribution in [-0.2, 0) is 4.79 Å². The number of halogens is 1. The molecule has 7 nitrogen and oxygen atoms in total. The van der Waals surface area contributed by atoms with E-state index in [-0.39, 0.29) is 5.69 Å². The number of carbonyl (C=O) groups excluding carboxylic acids is 1. The number of nitrogens with one attached hydrogen (secondary N) is 2. The van der Waals surface area contributed by atoms with Gasteiger partial charge in [0.25, 0.3) is 5.91 Å². The zero-order valence-corrected chi connectivity index (χ0v) is 14.8. The Hall–Kier alpha value is -2.74. The summed E-state index contributed by atoms with van der Waals surface area (Å²) in [6, 6.07) is 8.18. The molecule has 3 aromatic rings. The Balaban J connectivity index is 1.94. The molecule has 3 rings (SSSR count). The molecule has 0 saturated carbocycles. The Labute approximate surface area is 151 Å². The fourth-order valence-corrected chi connectivity index (χ4v) is 2.84. The van der Waals surface area contributed by atoms with E-state index in [1.165, 1.54) is 6.33 Å². The van der Waals surface area contributed by atoms with E-state index in [1.807, 2.05) is 0 Å². The number of amides is 1. The van der Waals surface area contributed by atoms with Gasteiger partial charge in [-0.05, 0) is 30.7 Å². The summed E-state index contributed by atoms with van der Waals surface area (Å²) < 4.78 is 0.870. The highest BCUT2D eigenvalue weighted by Gasteiger charge is 2.28. The van der Waals surface area contributed by atoms with Gasteiger partial charge < -0.3 is 15.4 Å². The van der Waals surface area contributed by atoms with Gasteiger partial charge >= 0.3 is 5.97 Å². The molecule has 1 amide bonds. The SMILES string of the molecule is C[C@H](C(=O)O)[C@@H](NC(=O)c1ncnc2[nH]ccc12)c1ccc(Br)cc1. The number of H-pyrrole nitrogens is 1. The van der Waals surface area contributed by atoms with Crippen LogP contribution in [0.1, 0.15) is 29.0 Å². The second-order valence-corrected chi connectivity index (χ2v) is 6.51. The summed E-state index contributed by atoms with van der Waals surface area (Å²) >= 11 is 3.35. The molecule has 0 aliphatic heterocycles. The molecule has 0 unspecified atom stereocenters. The van der Waals surface area contributed by atoms with Gasteiger partial charge in [-0.1, -0.05) is 28.1 Å². The van der Waals surface area contributed by atoms with E-state index in [9.17, 15) is 14.7 Å². The molecule has 8 heteroatoms. The molecule has 0 radical (unpaired) electrons.